The largest absolute Gasteiger partial charge is 0.370 e. The van der Waals surface area contributed by atoms with Crippen molar-refractivity contribution in [3.05, 3.63) is 29.6 Å². The molecule has 0 bridgehead atoms. The number of guanidine groups is 1. The molecular weight excluding hydrogens is 171 g/mol. The van der Waals surface area contributed by atoms with Gasteiger partial charge in [-0.1, -0.05) is 0 Å². The normalized spacial score (nSPS) is 8.92. The first-order valence-corrected chi connectivity index (χ1v) is 3.43. The van der Waals surface area contributed by atoms with Crippen LogP contribution in [0.3, 0.4) is 0 Å². The summed E-state index contributed by atoms with van der Waals surface area (Å²) in [6.07, 6.45) is 0. The van der Waals surface area contributed by atoms with Crippen molar-refractivity contribution in [3.63, 3.8) is 0 Å². The van der Waals surface area contributed by atoms with E-state index in [-0.39, 0.29) is 17.2 Å². The van der Waals surface area contributed by atoms with Crippen LogP contribution in [0.1, 0.15) is 5.56 Å². The molecule has 0 heterocycles. The Morgan fingerprint density at radius 1 is 1.46 bits per heavy atom. The third kappa shape index (κ3) is 2.17. The topological polar surface area (TPSA) is 88.2 Å². The average molecular weight is 178 g/mol. The molecule has 1 aromatic carbocycles. The van der Waals surface area contributed by atoms with Gasteiger partial charge in [-0.15, -0.1) is 0 Å². The number of aliphatic imine (C=N–C) groups is 1. The van der Waals surface area contributed by atoms with Crippen molar-refractivity contribution in [1.29, 1.82) is 5.26 Å². The second-order valence-corrected chi connectivity index (χ2v) is 2.31. The molecule has 5 heteroatoms. The number of nitrogens with zero attached hydrogens (tertiary/aromatic N) is 2. The highest BCUT2D eigenvalue weighted by atomic mass is 19.1. The van der Waals surface area contributed by atoms with Gasteiger partial charge in [-0.3, -0.25) is 0 Å². The molecule has 0 saturated carbocycles. The lowest BCUT2D eigenvalue weighted by Gasteiger charge is -1.97. The van der Waals surface area contributed by atoms with Crippen LogP contribution in [0.5, 0.6) is 0 Å². The van der Waals surface area contributed by atoms with Crippen molar-refractivity contribution in [2.45, 2.75) is 0 Å². The molecule has 1 aromatic rings. The summed E-state index contributed by atoms with van der Waals surface area (Å²) in [5, 5.41) is 8.59. The van der Waals surface area contributed by atoms with Crippen LogP contribution in [0.4, 0.5) is 10.1 Å². The molecule has 4 nitrogen and oxygen atoms in total. The van der Waals surface area contributed by atoms with Crippen LogP contribution in [0.2, 0.25) is 0 Å². The van der Waals surface area contributed by atoms with Crippen LogP contribution in [0.25, 0.3) is 0 Å². The van der Waals surface area contributed by atoms with E-state index in [1.54, 1.807) is 6.07 Å². The van der Waals surface area contributed by atoms with Gasteiger partial charge in [-0.05, 0) is 18.2 Å². The second kappa shape index (κ2) is 3.54. The van der Waals surface area contributed by atoms with Crippen LogP contribution in [-0.4, -0.2) is 5.96 Å². The first-order chi connectivity index (χ1) is 6.13. The van der Waals surface area contributed by atoms with Gasteiger partial charge in [0.05, 0.1) is 11.3 Å². The fourth-order valence-electron chi connectivity index (χ4n) is 0.834. The second-order valence-electron chi connectivity index (χ2n) is 2.31. The van der Waals surface area contributed by atoms with E-state index in [9.17, 15) is 4.39 Å². The molecule has 0 aromatic heterocycles. The Hall–Kier alpha value is -2.09. The van der Waals surface area contributed by atoms with E-state index < -0.39 is 5.82 Å². The number of nitrogens with two attached hydrogens (primary N) is 2. The zero-order chi connectivity index (χ0) is 9.84. The Balaban J connectivity index is 3.24. The fourth-order valence-corrected chi connectivity index (χ4v) is 0.834. The quantitative estimate of drug-likeness (QED) is 0.487. The SMILES string of the molecule is N#Cc1cc(F)ccc1N=C(N)N. The van der Waals surface area contributed by atoms with Crippen molar-refractivity contribution in [1.82, 2.24) is 0 Å². The van der Waals surface area contributed by atoms with Gasteiger partial charge in [-0.2, -0.15) is 5.26 Å². The predicted octanol–water partition coefficient (Wildman–Crippen LogP) is 0.602. The summed E-state index contributed by atoms with van der Waals surface area (Å²) in [6.45, 7) is 0. The van der Waals surface area contributed by atoms with Crippen molar-refractivity contribution in [2.24, 2.45) is 16.5 Å². The van der Waals surface area contributed by atoms with Crippen LogP contribution in [0, 0.1) is 17.1 Å². The molecule has 0 fully saturated rings. The average Bonchev–Trinajstić information content (AvgIpc) is 2.07. The first-order valence-electron chi connectivity index (χ1n) is 3.43. The molecule has 0 amide bonds. The lowest BCUT2D eigenvalue weighted by atomic mass is 10.2. The van der Waals surface area contributed by atoms with E-state index >= 15 is 0 Å². The summed E-state index contributed by atoms with van der Waals surface area (Å²) < 4.78 is 12.6. The first kappa shape index (κ1) is 9.00. The Bertz CT molecular complexity index is 388. The van der Waals surface area contributed by atoms with Crippen LogP contribution >= 0.6 is 0 Å². The summed E-state index contributed by atoms with van der Waals surface area (Å²) in [7, 11) is 0. The van der Waals surface area contributed by atoms with Gasteiger partial charge in [0, 0.05) is 0 Å². The molecule has 66 valence electrons. The fraction of sp³-hybridized carbons (Fsp3) is 0. The van der Waals surface area contributed by atoms with Crippen LogP contribution < -0.4 is 11.5 Å². The lowest BCUT2D eigenvalue weighted by Crippen LogP contribution is -2.22. The summed E-state index contributed by atoms with van der Waals surface area (Å²) in [5.41, 5.74) is 10.6. The van der Waals surface area contributed by atoms with Gasteiger partial charge < -0.3 is 11.5 Å². The van der Waals surface area contributed by atoms with Crippen molar-refractivity contribution in [3.8, 4) is 6.07 Å². The zero-order valence-corrected chi connectivity index (χ0v) is 6.66. The van der Waals surface area contributed by atoms with Crippen molar-refractivity contribution < 1.29 is 4.39 Å². The maximum atomic E-state index is 12.6. The summed E-state index contributed by atoms with van der Waals surface area (Å²) in [4.78, 5) is 3.65. The lowest BCUT2D eigenvalue weighted by molar-refractivity contribution is 0.627. The third-order valence-electron chi connectivity index (χ3n) is 1.33. The minimum Gasteiger partial charge on any atom is -0.370 e. The smallest absolute Gasteiger partial charge is 0.191 e. The number of rotatable bonds is 1. The Kier molecular flexibility index (Phi) is 2.45. The van der Waals surface area contributed by atoms with E-state index in [0.717, 1.165) is 6.07 Å². The van der Waals surface area contributed by atoms with Crippen molar-refractivity contribution >= 4 is 11.6 Å². The minimum atomic E-state index is -0.494. The van der Waals surface area contributed by atoms with Crippen LogP contribution in [0.15, 0.2) is 23.2 Å². The van der Waals surface area contributed by atoms with Gasteiger partial charge in [0.2, 0.25) is 0 Å². The molecule has 1 rings (SSSR count). The molecule has 0 saturated heterocycles. The number of halogens is 1. The molecule has 4 N–H and O–H groups in total. The number of benzene rings is 1. The highest BCUT2D eigenvalue weighted by Gasteiger charge is 2.01. The summed E-state index contributed by atoms with van der Waals surface area (Å²) in [6, 6.07) is 5.38. The molecule has 0 unspecified atom stereocenters. The monoisotopic (exact) mass is 178 g/mol. The highest BCUT2D eigenvalue weighted by molar-refractivity contribution is 5.80. The maximum absolute atomic E-state index is 12.6. The van der Waals surface area contributed by atoms with Gasteiger partial charge in [0.1, 0.15) is 11.9 Å². The Morgan fingerprint density at radius 2 is 2.15 bits per heavy atom. The third-order valence-corrected chi connectivity index (χ3v) is 1.33. The summed E-state index contributed by atoms with van der Waals surface area (Å²) >= 11 is 0. The van der Waals surface area contributed by atoms with E-state index in [1.807, 2.05) is 0 Å². The molecular formula is C8H7FN4. The number of nitriles is 1. The van der Waals surface area contributed by atoms with E-state index in [1.165, 1.54) is 12.1 Å². The standard InChI is InChI=1S/C8H7FN4/c9-6-1-2-7(13-8(11)12)5(3-6)4-10/h1-3H,(H4,11,12,13). The zero-order valence-electron chi connectivity index (χ0n) is 6.66. The Labute approximate surface area is 74.3 Å². The predicted molar refractivity (Wildman–Crippen MR) is 46.6 cm³/mol. The van der Waals surface area contributed by atoms with Gasteiger partial charge in [0.15, 0.2) is 5.96 Å². The number of hydrogen-bond donors (Lipinski definition) is 2. The molecule has 0 aliphatic heterocycles. The molecule has 0 aliphatic carbocycles. The summed E-state index contributed by atoms with van der Waals surface area (Å²) in [5.74, 6) is -0.658. The minimum absolute atomic E-state index is 0.105. The van der Waals surface area contributed by atoms with E-state index in [0.29, 0.717) is 0 Å². The van der Waals surface area contributed by atoms with E-state index in [2.05, 4.69) is 4.99 Å². The molecule has 0 atom stereocenters. The van der Waals surface area contributed by atoms with Gasteiger partial charge >= 0.3 is 0 Å². The van der Waals surface area contributed by atoms with Gasteiger partial charge in [0.25, 0.3) is 0 Å². The molecule has 0 spiro atoms. The number of hydrogen-bond acceptors (Lipinski definition) is 2. The molecule has 0 aliphatic rings. The van der Waals surface area contributed by atoms with Crippen molar-refractivity contribution in [2.75, 3.05) is 0 Å². The van der Waals surface area contributed by atoms with Crippen LogP contribution in [-0.2, 0) is 0 Å². The van der Waals surface area contributed by atoms with E-state index in [4.69, 9.17) is 16.7 Å². The maximum Gasteiger partial charge on any atom is 0.191 e. The Morgan fingerprint density at radius 3 is 2.69 bits per heavy atom. The molecule has 0 radical (unpaired) electrons. The highest BCUT2D eigenvalue weighted by Crippen LogP contribution is 2.18. The molecule has 13 heavy (non-hydrogen) atoms. The van der Waals surface area contributed by atoms with Gasteiger partial charge in [-0.25, -0.2) is 9.38 Å².